The van der Waals surface area contributed by atoms with Crippen LogP contribution in [0.3, 0.4) is 0 Å². The first kappa shape index (κ1) is 25.0. The van der Waals surface area contributed by atoms with E-state index in [-0.39, 0.29) is 36.2 Å². The van der Waals surface area contributed by atoms with E-state index in [0.717, 1.165) is 6.42 Å². The lowest BCUT2D eigenvalue weighted by molar-refractivity contribution is -0.137. The topological polar surface area (TPSA) is 94.2 Å². The van der Waals surface area contributed by atoms with Crippen molar-refractivity contribution in [3.63, 3.8) is 0 Å². The molecule has 1 saturated heterocycles. The van der Waals surface area contributed by atoms with Crippen LogP contribution in [0.5, 0.6) is 11.5 Å². The fraction of sp³-hybridized carbons (Fsp3) is 0.400. The zero-order valence-electron chi connectivity index (χ0n) is 19.5. The van der Waals surface area contributed by atoms with Gasteiger partial charge in [0, 0.05) is 18.8 Å². The number of hydrogen-bond acceptors (Lipinski definition) is 6. The normalized spacial score (nSPS) is 17.6. The molecule has 2 aromatic carbocycles. The molecular formula is C25H29FN2O6. The molecule has 8 nitrogen and oxygen atoms in total. The maximum atomic E-state index is 13.0. The van der Waals surface area contributed by atoms with Crippen LogP contribution in [0, 0.1) is 17.7 Å². The maximum absolute atomic E-state index is 13.0. The van der Waals surface area contributed by atoms with E-state index in [1.165, 1.54) is 49.6 Å². The molecule has 0 radical (unpaired) electrons. The molecule has 182 valence electrons. The Balaban J connectivity index is 1.53. The molecule has 2 aromatic rings. The van der Waals surface area contributed by atoms with E-state index in [0.29, 0.717) is 30.6 Å². The SMILES string of the molecule is COc1cc(C(=O)OCC(=O)N2CC(C)CC(C)C2)ccc1OCC(=O)Nc1ccc(F)cc1. The average molecular weight is 473 g/mol. The number of rotatable bonds is 8. The Morgan fingerprint density at radius 2 is 1.68 bits per heavy atom. The van der Waals surface area contributed by atoms with E-state index >= 15 is 0 Å². The van der Waals surface area contributed by atoms with E-state index in [4.69, 9.17) is 14.2 Å². The molecule has 0 aromatic heterocycles. The second-order valence-corrected chi connectivity index (χ2v) is 8.53. The molecule has 1 N–H and O–H groups in total. The number of ether oxygens (including phenoxy) is 3. The highest BCUT2D eigenvalue weighted by molar-refractivity contribution is 5.93. The van der Waals surface area contributed by atoms with Crippen LogP contribution in [0.25, 0.3) is 0 Å². The number of nitrogens with zero attached hydrogens (tertiary/aromatic N) is 1. The van der Waals surface area contributed by atoms with Crippen LogP contribution < -0.4 is 14.8 Å². The third-order valence-corrected chi connectivity index (χ3v) is 5.43. The van der Waals surface area contributed by atoms with Crippen LogP contribution in [0.15, 0.2) is 42.5 Å². The molecule has 1 fully saturated rings. The lowest BCUT2D eigenvalue weighted by Gasteiger charge is -2.34. The summed E-state index contributed by atoms with van der Waals surface area (Å²) in [5.74, 6) is -0.420. The number of nitrogens with one attached hydrogen (secondary N) is 1. The molecule has 1 heterocycles. The van der Waals surface area contributed by atoms with Crippen molar-refractivity contribution in [1.29, 1.82) is 0 Å². The van der Waals surface area contributed by atoms with Gasteiger partial charge in [0.05, 0.1) is 12.7 Å². The minimum absolute atomic E-state index is 0.188. The molecule has 3 rings (SSSR count). The number of anilines is 1. The number of amides is 2. The van der Waals surface area contributed by atoms with Crippen molar-refractivity contribution in [3.05, 3.63) is 53.8 Å². The number of likely N-dealkylation sites (tertiary alicyclic amines) is 1. The minimum Gasteiger partial charge on any atom is -0.493 e. The quantitative estimate of drug-likeness (QED) is 0.591. The third-order valence-electron chi connectivity index (χ3n) is 5.43. The van der Waals surface area contributed by atoms with E-state index in [9.17, 15) is 18.8 Å². The predicted octanol–water partition coefficient (Wildman–Crippen LogP) is 3.51. The van der Waals surface area contributed by atoms with Gasteiger partial charge in [0.25, 0.3) is 11.8 Å². The van der Waals surface area contributed by atoms with Gasteiger partial charge in [-0.15, -0.1) is 0 Å². The Morgan fingerprint density at radius 3 is 2.32 bits per heavy atom. The molecule has 0 bridgehead atoms. The van der Waals surface area contributed by atoms with Crippen molar-refractivity contribution >= 4 is 23.5 Å². The van der Waals surface area contributed by atoms with Crippen molar-refractivity contribution in [2.45, 2.75) is 20.3 Å². The summed E-state index contributed by atoms with van der Waals surface area (Å²) in [5, 5.41) is 2.58. The summed E-state index contributed by atoms with van der Waals surface area (Å²) in [6, 6.07) is 9.71. The third kappa shape index (κ3) is 6.94. The summed E-state index contributed by atoms with van der Waals surface area (Å²) in [5.41, 5.74) is 0.621. The highest BCUT2D eigenvalue weighted by Gasteiger charge is 2.26. The van der Waals surface area contributed by atoms with Crippen LogP contribution in [0.4, 0.5) is 10.1 Å². The fourth-order valence-corrected chi connectivity index (χ4v) is 3.96. The zero-order valence-corrected chi connectivity index (χ0v) is 19.5. The van der Waals surface area contributed by atoms with Crippen molar-refractivity contribution in [2.24, 2.45) is 11.8 Å². The number of hydrogen-bond donors (Lipinski definition) is 1. The molecule has 0 saturated carbocycles. The van der Waals surface area contributed by atoms with Gasteiger partial charge in [-0.25, -0.2) is 9.18 Å². The number of methoxy groups -OCH3 is 1. The standard InChI is InChI=1S/C25H29FN2O6/c1-16-10-17(2)13-28(12-16)24(30)15-34-25(31)18-4-9-21(22(11-18)32-3)33-14-23(29)27-20-7-5-19(26)6-8-20/h4-9,11,16-17H,10,12-15H2,1-3H3,(H,27,29). The van der Waals surface area contributed by atoms with E-state index < -0.39 is 17.7 Å². The minimum atomic E-state index is -0.662. The molecule has 1 aliphatic rings. The Hall–Kier alpha value is -3.62. The Bertz CT molecular complexity index is 1020. The summed E-state index contributed by atoms with van der Waals surface area (Å²) >= 11 is 0. The number of carbonyl (C=O) groups excluding carboxylic acids is 3. The number of esters is 1. The molecule has 0 spiro atoms. The van der Waals surface area contributed by atoms with E-state index in [2.05, 4.69) is 19.2 Å². The second kappa shape index (κ2) is 11.5. The lowest BCUT2D eigenvalue weighted by Crippen LogP contribution is -2.44. The molecule has 9 heteroatoms. The van der Waals surface area contributed by atoms with Crippen molar-refractivity contribution < 1.29 is 33.0 Å². The first-order valence-corrected chi connectivity index (χ1v) is 11.1. The lowest BCUT2D eigenvalue weighted by atomic mass is 9.92. The largest absolute Gasteiger partial charge is 0.493 e. The monoisotopic (exact) mass is 472 g/mol. The van der Waals surface area contributed by atoms with E-state index in [1.54, 1.807) is 4.90 Å². The van der Waals surface area contributed by atoms with Crippen LogP contribution in [-0.2, 0) is 14.3 Å². The highest BCUT2D eigenvalue weighted by Crippen LogP contribution is 2.28. The van der Waals surface area contributed by atoms with Gasteiger partial charge in [0.15, 0.2) is 24.7 Å². The van der Waals surface area contributed by atoms with Crippen LogP contribution in [0.2, 0.25) is 0 Å². The summed E-state index contributed by atoms with van der Waals surface area (Å²) in [4.78, 5) is 38.7. The van der Waals surface area contributed by atoms with Crippen molar-refractivity contribution in [1.82, 2.24) is 4.90 Å². The van der Waals surface area contributed by atoms with Crippen LogP contribution in [-0.4, -0.2) is 56.1 Å². The summed E-state index contributed by atoms with van der Waals surface area (Å²) in [6.07, 6.45) is 1.08. The molecule has 2 amide bonds. The fourth-order valence-electron chi connectivity index (χ4n) is 3.96. The first-order chi connectivity index (χ1) is 16.2. The maximum Gasteiger partial charge on any atom is 0.338 e. The van der Waals surface area contributed by atoms with Crippen molar-refractivity contribution in [2.75, 3.05) is 38.7 Å². The van der Waals surface area contributed by atoms with Gasteiger partial charge in [-0.2, -0.15) is 0 Å². The number of piperidine rings is 1. The molecule has 34 heavy (non-hydrogen) atoms. The molecular weight excluding hydrogens is 443 g/mol. The molecule has 1 aliphatic heterocycles. The van der Waals surface area contributed by atoms with Crippen molar-refractivity contribution in [3.8, 4) is 11.5 Å². The Kier molecular flexibility index (Phi) is 8.45. The van der Waals surface area contributed by atoms with E-state index in [1.807, 2.05) is 0 Å². The summed E-state index contributed by atoms with van der Waals surface area (Å²) in [6.45, 7) is 4.88. The molecule has 2 atom stereocenters. The average Bonchev–Trinajstić information content (AvgIpc) is 2.81. The second-order valence-electron chi connectivity index (χ2n) is 8.53. The first-order valence-electron chi connectivity index (χ1n) is 11.1. The summed E-state index contributed by atoms with van der Waals surface area (Å²) < 4.78 is 28.9. The smallest absolute Gasteiger partial charge is 0.338 e. The molecule has 0 aliphatic carbocycles. The molecule has 2 unspecified atom stereocenters. The predicted molar refractivity (Wildman–Crippen MR) is 123 cm³/mol. The Labute approximate surface area is 198 Å². The van der Waals surface area contributed by atoms with Gasteiger partial charge in [0.2, 0.25) is 0 Å². The number of halogens is 1. The van der Waals surface area contributed by atoms with Gasteiger partial charge in [0.1, 0.15) is 5.82 Å². The highest BCUT2D eigenvalue weighted by atomic mass is 19.1. The number of carbonyl (C=O) groups is 3. The zero-order chi connectivity index (χ0) is 24.7. The van der Waals surface area contributed by atoms with Gasteiger partial charge >= 0.3 is 5.97 Å². The van der Waals surface area contributed by atoms with Gasteiger partial charge in [-0.3, -0.25) is 9.59 Å². The van der Waals surface area contributed by atoms with Gasteiger partial charge in [-0.1, -0.05) is 13.8 Å². The van der Waals surface area contributed by atoms with Gasteiger partial charge in [-0.05, 0) is 60.7 Å². The number of benzene rings is 2. The Morgan fingerprint density at radius 1 is 1.00 bits per heavy atom. The summed E-state index contributed by atoms with van der Waals surface area (Å²) in [7, 11) is 1.40. The van der Waals surface area contributed by atoms with Gasteiger partial charge < -0.3 is 24.4 Å². The van der Waals surface area contributed by atoms with Crippen LogP contribution in [0.1, 0.15) is 30.6 Å². The van der Waals surface area contributed by atoms with Crippen LogP contribution >= 0.6 is 0 Å².